The Balaban J connectivity index is 2.84. The first-order valence-corrected chi connectivity index (χ1v) is 4.69. The number of aromatic nitrogens is 1. The van der Waals surface area contributed by atoms with Crippen molar-refractivity contribution in [2.45, 2.75) is 13.5 Å². The molecule has 3 heteroatoms. The molecule has 0 N–H and O–H groups in total. The number of rotatable bonds is 1. The fraction of sp³-hybridized carbons (Fsp3) is 0.167. The number of hydrogen-bond acceptors (Lipinski definition) is 2. The SMILES string of the molecule is Cc1ccc2c(c1)c(=O)ccn2CC#N. The Labute approximate surface area is 87.2 Å². The molecular weight excluding hydrogens is 188 g/mol. The van der Waals surface area contributed by atoms with Crippen molar-refractivity contribution in [1.82, 2.24) is 4.57 Å². The lowest BCUT2D eigenvalue weighted by Crippen LogP contribution is -2.07. The molecule has 1 heterocycles. The molecule has 0 radical (unpaired) electrons. The highest BCUT2D eigenvalue weighted by molar-refractivity contribution is 5.79. The Bertz CT molecular complexity index is 605. The van der Waals surface area contributed by atoms with Crippen LogP contribution < -0.4 is 5.43 Å². The summed E-state index contributed by atoms with van der Waals surface area (Å²) in [6.07, 6.45) is 1.66. The molecule has 0 aliphatic carbocycles. The van der Waals surface area contributed by atoms with Crippen molar-refractivity contribution in [1.29, 1.82) is 5.26 Å². The number of benzene rings is 1. The second-order valence-electron chi connectivity index (χ2n) is 3.49. The molecule has 0 saturated carbocycles. The molecule has 1 aromatic heterocycles. The van der Waals surface area contributed by atoms with Gasteiger partial charge in [-0.25, -0.2) is 0 Å². The van der Waals surface area contributed by atoms with E-state index in [4.69, 9.17) is 5.26 Å². The number of fused-ring (bicyclic) bond motifs is 1. The van der Waals surface area contributed by atoms with E-state index in [9.17, 15) is 4.79 Å². The second kappa shape index (κ2) is 3.58. The van der Waals surface area contributed by atoms with Crippen molar-refractivity contribution in [2.24, 2.45) is 0 Å². The molecule has 0 aliphatic rings. The highest BCUT2D eigenvalue weighted by atomic mass is 16.1. The van der Waals surface area contributed by atoms with E-state index in [1.54, 1.807) is 10.8 Å². The van der Waals surface area contributed by atoms with Crippen molar-refractivity contribution in [3.05, 3.63) is 46.2 Å². The summed E-state index contributed by atoms with van der Waals surface area (Å²) >= 11 is 0. The van der Waals surface area contributed by atoms with E-state index in [2.05, 4.69) is 6.07 Å². The van der Waals surface area contributed by atoms with Gasteiger partial charge < -0.3 is 4.57 Å². The van der Waals surface area contributed by atoms with Gasteiger partial charge in [-0.05, 0) is 19.1 Å². The van der Waals surface area contributed by atoms with Crippen LogP contribution in [0, 0.1) is 18.3 Å². The molecule has 0 bridgehead atoms. The molecule has 15 heavy (non-hydrogen) atoms. The van der Waals surface area contributed by atoms with Crippen LogP contribution in [0.2, 0.25) is 0 Å². The zero-order valence-corrected chi connectivity index (χ0v) is 8.40. The summed E-state index contributed by atoms with van der Waals surface area (Å²) in [4.78, 5) is 11.6. The van der Waals surface area contributed by atoms with Crippen LogP contribution in [-0.2, 0) is 6.54 Å². The Kier molecular flexibility index (Phi) is 2.26. The number of hydrogen-bond donors (Lipinski definition) is 0. The molecular formula is C12H10N2O. The van der Waals surface area contributed by atoms with Gasteiger partial charge in [0.2, 0.25) is 0 Å². The van der Waals surface area contributed by atoms with Crippen LogP contribution in [-0.4, -0.2) is 4.57 Å². The van der Waals surface area contributed by atoms with Crippen molar-refractivity contribution < 1.29 is 0 Å². The third kappa shape index (κ3) is 1.62. The van der Waals surface area contributed by atoms with Gasteiger partial charge in [0.25, 0.3) is 0 Å². The smallest absolute Gasteiger partial charge is 0.189 e. The summed E-state index contributed by atoms with van der Waals surface area (Å²) in [7, 11) is 0. The minimum atomic E-state index is 0.00268. The second-order valence-corrected chi connectivity index (χ2v) is 3.49. The third-order valence-corrected chi connectivity index (χ3v) is 2.37. The zero-order chi connectivity index (χ0) is 10.8. The maximum atomic E-state index is 11.6. The summed E-state index contributed by atoms with van der Waals surface area (Å²) in [6, 6.07) is 9.24. The molecule has 3 nitrogen and oxygen atoms in total. The van der Waals surface area contributed by atoms with Crippen molar-refractivity contribution in [3.8, 4) is 6.07 Å². The molecule has 0 fully saturated rings. The lowest BCUT2D eigenvalue weighted by molar-refractivity contribution is 0.861. The van der Waals surface area contributed by atoms with E-state index in [0.29, 0.717) is 5.39 Å². The average Bonchev–Trinajstić information content (AvgIpc) is 2.23. The quantitative estimate of drug-likeness (QED) is 0.701. The predicted molar refractivity (Wildman–Crippen MR) is 58.6 cm³/mol. The average molecular weight is 198 g/mol. The van der Waals surface area contributed by atoms with E-state index < -0.39 is 0 Å². The van der Waals surface area contributed by atoms with Gasteiger partial charge in [-0.3, -0.25) is 4.79 Å². The summed E-state index contributed by atoms with van der Waals surface area (Å²) < 4.78 is 1.77. The Morgan fingerprint density at radius 3 is 2.93 bits per heavy atom. The number of nitriles is 1. The van der Waals surface area contributed by atoms with Crippen LogP contribution in [0.4, 0.5) is 0 Å². The minimum absolute atomic E-state index is 0.00268. The largest absolute Gasteiger partial charge is 0.333 e. The molecule has 2 rings (SSSR count). The molecule has 0 saturated heterocycles. The first-order chi connectivity index (χ1) is 7.22. The van der Waals surface area contributed by atoms with Crippen molar-refractivity contribution in [3.63, 3.8) is 0 Å². The van der Waals surface area contributed by atoms with E-state index in [1.165, 1.54) is 6.07 Å². The predicted octanol–water partition coefficient (Wildman–Crippen LogP) is 1.83. The van der Waals surface area contributed by atoms with E-state index in [1.807, 2.05) is 25.1 Å². The highest BCUT2D eigenvalue weighted by Gasteiger charge is 2.01. The van der Waals surface area contributed by atoms with Crippen LogP contribution in [0.15, 0.2) is 35.3 Å². The first kappa shape index (κ1) is 9.47. The lowest BCUT2D eigenvalue weighted by Gasteiger charge is -2.06. The minimum Gasteiger partial charge on any atom is -0.333 e. The highest BCUT2D eigenvalue weighted by Crippen LogP contribution is 2.11. The molecule has 0 amide bonds. The van der Waals surface area contributed by atoms with Crippen LogP contribution in [0.3, 0.4) is 0 Å². The number of aryl methyl sites for hydroxylation is 1. The summed E-state index contributed by atoms with van der Waals surface area (Å²) in [6.45, 7) is 2.21. The Morgan fingerprint density at radius 1 is 1.40 bits per heavy atom. The van der Waals surface area contributed by atoms with Gasteiger partial charge in [-0.1, -0.05) is 11.6 Å². The monoisotopic (exact) mass is 198 g/mol. The fourth-order valence-electron chi connectivity index (χ4n) is 1.64. The number of pyridine rings is 1. The normalized spacial score (nSPS) is 10.1. The van der Waals surface area contributed by atoms with Gasteiger partial charge in [0.15, 0.2) is 5.43 Å². The van der Waals surface area contributed by atoms with Gasteiger partial charge in [-0.2, -0.15) is 5.26 Å². The molecule has 0 spiro atoms. The molecule has 2 aromatic rings. The van der Waals surface area contributed by atoms with Crippen molar-refractivity contribution >= 4 is 10.9 Å². The third-order valence-electron chi connectivity index (χ3n) is 2.37. The van der Waals surface area contributed by atoms with Crippen LogP contribution >= 0.6 is 0 Å². The van der Waals surface area contributed by atoms with Crippen LogP contribution in [0.1, 0.15) is 5.56 Å². The zero-order valence-electron chi connectivity index (χ0n) is 8.40. The van der Waals surface area contributed by atoms with Crippen LogP contribution in [0.5, 0.6) is 0 Å². The maximum absolute atomic E-state index is 11.6. The summed E-state index contributed by atoms with van der Waals surface area (Å²) in [5.41, 5.74) is 1.87. The standard InChI is InChI=1S/C12H10N2O/c1-9-2-3-11-10(8-9)12(15)4-6-14(11)7-5-13/h2-4,6,8H,7H2,1H3. The summed E-state index contributed by atoms with van der Waals surface area (Å²) in [5.74, 6) is 0. The summed E-state index contributed by atoms with van der Waals surface area (Å²) in [5, 5.41) is 9.33. The molecule has 0 unspecified atom stereocenters. The van der Waals surface area contributed by atoms with Gasteiger partial charge in [0, 0.05) is 17.6 Å². The van der Waals surface area contributed by atoms with Crippen LogP contribution in [0.25, 0.3) is 10.9 Å². The van der Waals surface area contributed by atoms with Gasteiger partial charge in [0.05, 0.1) is 11.6 Å². The van der Waals surface area contributed by atoms with E-state index >= 15 is 0 Å². The van der Waals surface area contributed by atoms with E-state index in [-0.39, 0.29) is 12.0 Å². The van der Waals surface area contributed by atoms with E-state index in [0.717, 1.165) is 11.1 Å². The van der Waals surface area contributed by atoms with Gasteiger partial charge in [-0.15, -0.1) is 0 Å². The maximum Gasteiger partial charge on any atom is 0.189 e. The first-order valence-electron chi connectivity index (χ1n) is 4.69. The van der Waals surface area contributed by atoms with Gasteiger partial charge in [0.1, 0.15) is 6.54 Å². The topological polar surface area (TPSA) is 45.8 Å². The molecule has 1 aromatic carbocycles. The molecule has 74 valence electrons. The lowest BCUT2D eigenvalue weighted by atomic mass is 10.1. The Morgan fingerprint density at radius 2 is 2.20 bits per heavy atom. The molecule has 0 atom stereocenters. The van der Waals surface area contributed by atoms with Crippen molar-refractivity contribution in [2.75, 3.05) is 0 Å². The molecule has 0 aliphatic heterocycles. The number of nitrogens with zero attached hydrogens (tertiary/aromatic N) is 2. The Hall–Kier alpha value is -2.08. The van der Waals surface area contributed by atoms with Gasteiger partial charge >= 0.3 is 0 Å². The fourth-order valence-corrected chi connectivity index (χ4v) is 1.64.